The van der Waals surface area contributed by atoms with Gasteiger partial charge in [-0.2, -0.15) is 0 Å². The Balaban J connectivity index is 2.01. The van der Waals surface area contributed by atoms with E-state index in [2.05, 4.69) is 18.9 Å². The van der Waals surface area contributed by atoms with Crippen molar-refractivity contribution in [1.82, 2.24) is 4.90 Å². The fourth-order valence-corrected chi connectivity index (χ4v) is 1.87. The second-order valence-electron chi connectivity index (χ2n) is 3.77. The minimum atomic E-state index is 0.326. The number of piperidine rings is 1. The average Bonchev–Trinajstić information content (AvgIpc) is 2.62. The summed E-state index contributed by atoms with van der Waals surface area (Å²) < 4.78 is 5.47. The second-order valence-corrected chi connectivity index (χ2v) is 3.77. The Hall–Kier alpha value is -0.0800. The summed E-state index contributed by atoms with van der Waals surface area (Å²) in [6, 6.07) is 0. The molecule has 2 atom stereocenters. The van der Waals surface area contributed by atoms with Crippen LogP contribution in [0.1, 0.15) is 13.3 Å². The van der Waals surface area contributed by atoms with Crippen molar-refractivity contribution in [3.63, 3.8) is 0 Å². The summed E-state index contributed by atoms with van der Waals surface area (Å²) >= 11 is 0. The van der Waals surface area contributed by atoms with Gasteiger partial charge < -0.3 is 9.64 Å². The van der Waals surface area contributed by atoms with E-state index in [0.717, 1.165) is 12.5 Å². The van der Waals surface area contributed by atoms with Crippen molar-refractivity contribution in [1.29, 1.82) is 0 Å². The molecule has 0 unspecified atom stereocenters. The minimum absolute atomic E-state index is 0.326. The third kappa shape index (κ3) is 0.867. The Morgan fingerprint density at radius 3 is 2.80 bits per heavy atom. The van der Waals surface area contributed by atoms with Crippen LogP contribution in [0.2, 0.25) is 0 Å². The van der Waals surface area contributed by atoms with Crippen LogP contribution >= 0.6 is 0 Å². The number of hydrogen-bond donors (Lipinski definition) is 0. The number of ether oxygens (including phenoxy) is 1. The second kappa shape index (κ2) is 1.95. The van der Waals surface area contributed by atoms with Gasteiger partial charge >= 0.3 is 0 Å². The van der Waals surface area contributed by atoms with E-state index in [-0.39, 0.29) is 0 Å². The Morgan fingerprint density at radius 1 is 1.60 bits per heavy atom. The molecule has 0 N–H and O–H groups in total. The molecule has 0 aromatic carbocycles. The zero-order valence-corrected chi connectivity index (χ0v) is 6.76. The molecule has 2 saturated heterocycles. The highest BCUT2D eigenvalue weighted by Crippen LogP contribution is 2.41. The standard InChI is InChI=1S/C8H15NO/c1-7-5-9(2)4-3-8(7)6-10-8/h7H,3-6H2,1-2H3/t7-,8+/m0/s1. The smallest absolute Gasteiger partial charge is 0.0966 e. The Morgan fingerprint density at radius 2 is 2.30 bits per heavy atom. The number of hydrogen-bond acceptors (Lipinski definition) is 2. The zero-order valence-electron chi connectivity index (χ0n) is 6.76. The van der Waals surface area contributed by atoms with Crippen molar-refractivity contribution in [3.05, 3.63) is 0 Å². The van der Waals surface area contributed by atoms with Crippen LogP contribution in [0, 0.1) is 5.92 Å². The lowest BCUT2D eigenvalue weighted by Crippen LogP contribution is -2.41. The van der Waals surface area contributed by atoms with Crippen LogP contribution in [0.5, 0.6) is 0 Å². The van der Waals surface area contributed by atoms with Gasteiger partial charge in [-0.15, -0.1) is 0 Å². The average molecular weight is 141 g/mol. The van der Waals surface area contributed by atoms with E-state index in [1.165, 1.54) is 19.5 Å². The molecule has 0 saturated carbocycles. The summed E-state index contributed by atoms with van der Waals surface area (Å²) in [7, 11) is 2.19. The predicted octanol–water partition coefficient (Wildman–Crippen LogP) is 0.727. The number of epoxide rings is 1. The maximum Gasteiger partial charge on any atom is 0.0966 e. The van der Waals surface area contributed by atoms with Crippen molar-refractivity contribution in [2.24, 2.45) is 5.92 Å². The third-order valence-corrected chi connectivity index (χ3v) is 2.92. The zero-order chi connectivity index (χ0) is 7.19. The van der Waals surface area contributed by atoms with Gasteiger partial charge in [0.15, 0.2) is 0 Å². The highest BCUT2D eigenvalue weighted by atomic mass is 16.6. The molecule has 0 aromatic heterocycles. The number of nitrogens with zero attached hydrogens (tertiary/aromatic N) is 1. The molecular weight excluding hydrogens is 126 g/mol. The highest BCUT2D eigenvalue weighted by molar-refractivity contribution is 5.00. The van der Waals surface area contributed by atoms with E-state index in [1.807, 2.05) is 0 Å². The summed E-state index contributed by atoms with van der Waals surface area (Å²) in [5.41, 5.74) is 0.326. The van der Waals surface area contributed by atoms with Gasteiger partial charge in [0.25, 0.3) is 0 Å². The summed E-state index contributed by atoms with van der Waals surface area (Å²) in [6.07, 6.45) is 1.24. The molecular formula is C8H15NO. The Kier molecular flexibility index (Phi) is 1.29. The molecule has 0 aromatic rings. The van der Waals surface area contributed by atoms with Crippen molar-refractivity contribution in [3.8, 4) is 0 Å². The fourth-order valence-electron chi connectivity index (χ4n) is 1.87. The van der Waals surface area contributed by atoms with Gasteiger partial charge in [0.2, 0.25) is 0 Å². The summed E-state index contributed by atoms with van der Waals surface area (Å²) in [6.45, 7) is 5.73. The molecule has 0 bridgehead atoms. The highest BCUT2D eigenvalue weighted by Gasteiger charge is 2.51. The monoisotopic (exact) mass is 141 g/mol. The van der Waals surface area contributed by atoms with Crippen LogP contribution in [0.15, 0.2) is 0 Å². The van der Waals surface area contributed by atoms with Crippen LogP contribution < -0.4 is 0 Å². The molecule has 2 aliphatic heterocycles. The summed E-state index contributed by atoms with van der Waals surface area (Å²) in [5.74, 6) is 0.742. The predicted molar refractivity (Wildman–Crippen MR) is 40.0 cm³/mol. The molecule has 0 amide bonds. The molecule has 2 nitrogen and oxygen atoms in total. The van der Waals surface area contributed by atoms with Gasteiger partial charge in [0.1, 0.15) is 0 Å². The van der Waals surface area contributed by atoms with Crippen LogP contribution in [-0.2, 0) is 4.74 Å². The SMILES string of the molecule is C[C@H]1CN(C)CC[C@@]12CO2. The maximum atomic E-state index is 5.47. The quantitative estimate of drug-likeness (QED) is 0.462. The first-order valence-electron chi connectivity index (χ1n) is 4.05. The molecule has 2 heterocycles. The van der Waals surface area contributed by atoms with Gasteiger partial charge in [-0.3, -0.25) is 0 Å². The van der Waals surface area contributed by atoms with E-state index in [1.54, 1.807) is 0 Å². The molecule has 2 heteroatoms. The van der Waals surface area contributed by atoms with Crippen molar-refractivity contribution >= 4 is 0 Å². The summed E-state index contributed by atoms with van der Waals surface area (Å²) in [5, 5.41) is 0. The summed E-state index contributed by atoms with van der Waals surface area (Å²) in [4.78, 5) is 2.39. The topological polar surface area (TPSA) is 15.8 Å². The van der Waals surface area contributed by atoms with Crippen LogP contribution in [-0.4, -0.2) is 37.2 Å². The molecule has 2 rings (SSSR count). The van der Waals surface area contributed by atoms with Gasteiger partial charge in [0, 0.05) is 19.0 Å². The minimum Gasteiger partial charge on any atom is -0.369 e. The molecule has 2 aliphatic rings. The number of likely N-dealkylation sites (tertiary alicyclic amines) is 1. The third-order valence-electron chi connectivity index (χ3n) is 2.92. The lowest BCUT2D eigenvalue weighted by Gasteiger charge is -2.32. The van der Waals surface area contributed by atoms with Crippen molar-refractivity contribution in [2.45, 2.75) is 18.9 Å². The normalized spacial score (nSPS) is 48.0. The molecule has 58 valence electrons. The van der Waals surface area contributed by atoms with Crippen LogP contribution in [0.4, 0.5) is 0 Å². The van der Waals surface area contributed by atoms with E-state index >= 15 is 0 Å². The van der Waals surface area contributed by atoms with Crippen molar-refractivity contribution in [2.75, 3.05) is 26.7 Å². The molecule has 2 fully saturated rings. The van der Waals surface area contributed by atoms with Gasteiger partial charge in [-0.1, -0.05) is 6.92 Å². The molecule has 0 radical (unpaired) electrons. The molecule has 1 spiro atoms. The first kappa shape index (κ1) is 6.62. The molecule has 10 heavy (non-hydrogen) atoms. The lowest BCUT2D eigenvalue weighted by molar-refractivity contribution is 0.111. The fraction of sp³-hybridized carbons (Fsp3) is 1.00. The van der Waals surface area contributed by atoms with Crippen molar-refractivity contribution < 1.29 is 4.74 Å². The van der Waals surface area contributed by atoms with Gasteiger partial charge in [0.05, 0.1) is 12.2 Å². The largest absolute Gasteiger partial charge is 0.369 e. The van der Waals surface area contributed by atoms with Gasteiger partial charge in [-0.25, -0.2) is 0 Å². The van der Waals surface area contributed by atoms with E-state index < -0.39 is 0 Å². The van der Waals surface area contributed by atoms with Crippen LogP contribution in [0.25, 0.3) is 0 Å². The van der Waals surface area contributed by atoms with E-state index in [9.17, 15) is 0 Å². The van der Waals surface area contributed by atoms with E-state index in [0.29, 0.717) is 5.60 Å². The number of rotatable bonds is 0. The first-order valence-corrected chi connectivity index (χ1v) is 4.05. The van der Waals surface area contributed by atoms with Crippen LogP contribution in [0.3, 0.4) is 0 Å². The first-order chi connectivity index (χ1) is 4.73. The Bertz CT molecular complexity index is 142. The Labute approximate surface area is 62.2 Å². The van der Waals surface area contributed by atoms with Gasteiger partial charge in [-0.05, 0) is 13.5 Å². The lowest BCUT2D eigenvalue weighted by atomic mass is 9.88. The van der Waals surface area contributed by atoms with E-state index in [4.69, 9.17) is 4.74 Å². The molecule has 0 aliphatic carbocycles. The maximum absolute atomic E-state index is 5.47.